The first-order valence-electron chi connectivity index (χ1n) is 6.46. The maximum Gasteiger partial charge on any atom is 0.226 e. The van der Waals surface area contributed by atoms with Crippen LogP contribution in [0.2, 0.25) is 0 Å². The molecular formula is C14H19N3O2. The second-order valence-corrected chi connectivity index (χ2v) is 4.54. The van der Waals surface area contributed by atoms with Gasteiger partial charge in [-0.25, -0.2) is 0 Å². The van der Waals surface area contributed by atoms with Crippen LogP contribution in [0.25, 0.3) is 0 Å². The van der Waals surface area contributed by atoms with Crippen molar-refractivity contribution in [1.29, 1.82) is 0 Å². The third-order valence-corrected chi connectivity index (χ3v) is 2.68. The zero-order chi connectivity index (χ0) is 13.7. The van der Waals surface area contributed by atoms with Gasteiger partial charge in [-0.2, -0.15) is 4.98 Å². The summed E-state index contributed by atoms with van der Waals surface area (Å²) >= 11 is 0. The lowest BCUT2D eigenvalue weighted by Crippen LogP contribution is -2.18. The van der Waals surface area contributed by atoms with Crippen LogP contribution in [0.3, 0.4) is 0 Å². The standard InChI is InChI=1S/C14H19N3O2/c1-3-14-16-13(17-19-14)9-18-12-7-5-4-6-11(12)8-10(2)15/h4-7,10H,3,8-9,15H2,1-2H3. The molecule has 1 atom stereocenters. The fourth-order valence-corrected chi connectivity index (χ4v) is 1.79. The van der Waals surface area contributed by atoms with E-state index in [1.165, 1.54) is 0 Å². The van der Waals surface area contributed by atoms with Gasteiger partial charge < -0.3 is 15.0 Å². The highest BCUT2D eigenvalue weighted by atomic mass is 16.5. The number of para-hydroxylation sites is 1. The van der Waals surface area contributed by atoms with Gasteiger partial charge in [-0.3, -0.25) is 0 Å². The number of aryl methyl sites for hydroxylation is 1. The molecule has 2 aromatic rings. The van der Waals surface area contributed by atoms with Crippen LogP contribution >= 0.6 is 0 Å². The van der Waals surface area contributed by atoms with E-state index in [2.05, 4.69) is 10.1 Å². The minimum Gasteiger partial charge on any atom is -0.485 e. The largest absolute Gasteiger partial charge is 0.485 e. The lowest BCUT2D eigenvalue weighted by molar-refractivity contribution is 0.282. The minimum atomic E-state index is 0.0987. The summed E-state index contributed by atoms with van der Waals surface area (Å²) in [5, 5.41) is 3.86. The highest BCUT2D eigenvalue weighted by molar-refractivity contribution is 5.33. The van der Waals surface area contributed by atoms with E-state index in [0.29, 0.717) is 18.3 Å². The van der Waals surface area contributed by atoms with Crippen molar-refractivity contribution in [3.63, 3.8) is 0 Å². The van der Waals surface area contributed by atoms with Crippen molar-refractivity contribution in [2.45, 2.75) is 39.3 Å². The number of ether oxygens (including phenoxy) is 1. The number of benzene rings is 1. The molecule has 0 saturated carbocycles. The Balaban J connectivity index is 2.02. The second-order valence-electron chi connectivity index (χ2n) is 4.54. The molecule has 2 N–H and O–H groups in total. The molecule has 19 heavy (non-hydrogen) atoms. The molecule has 2 rings (SSSR count). The van der Waals surface area contributed by atoms with Gasteiger partial charge in [0.15, 0.2) is 6.61 Å². The minimum absolute atomic E-state index is 0.0987. The molecule has 0 amide bonds. The Hall–Kier alpha value is -1.88. The van der Waals surface area contributed by atoms with Crippen LogP contribution in [-0.4, -0.2) is 16.2 Å². The summed E-state index contributed by atoms with van der Waals surface area (Å²) in [4.78, 5) is 4.21. The fraction of sp³-hybridized carbons (Fsp3) is 0.429. The van der Waals surface area contributed by atoms with Crippen molar-refractivity contribution in [1.82, 2.24) is 10.1 Å². The molecule has 1 heterocycles. The zero-order valence-corrected chi connectivity index (χ0v) is 11.3. The maximum atomic E-state index is 5.83. The van der Waals surface area contributed by atoms with Gasteiger partial charge in [0.25, 0.3) is 0 Å². The van der Waals surface area contributed by atoms with Crippen molar-refractivity contribution in [2.75, 3.05) is 0 Å². The van der Waals surface area contributed by atoms with E-state index in [0.717, 1.165) is 24.2 Å². The lowest BCUT2D eigenvalue weighted by atomic mass is 10.1. The third-order valence-electron chi connectivity index (χ3n) is 2.68. The summed E-state index contributed by atoms with van der Waals surface area (Å²) in [6, 6.07) is 7.97. The zero-order valence-electron chi connectivity index (χ0n) is 11.3. The molecule has 0 spiro atoms. The van der Waals surface area contributed by atoms with Crippen molar-refractivity contribution in [2.24, 2.45) is 5.73 Å². The molecule has 0 aliphatic rings. The molecule has 102 valence electrons. The summed E-state index contributed by atoms with van der Waals surface area (Å²) < 4.78 is 10.8. The van der Waals surface area contributed by atoms with Crippen LogP contribution in [0.5, 0.6) is 5.75 Å². The molecular weight excluding hydrogens is 242 g/mol. The van der Waals surface area contributed by atoms with E-state index in [1.807, 2.05) is 38.1 Å². The van der Waals surface area contributed by atoms with Crippen molar-refractivity contribution in [3.8, 4) is 5.75 Å². The molecule has 0 radical (unpaired) electrons. The molecule has 0 saturated heterocycles. The molecule has 0 fully saturated rings. The van der Waals surface area contributed by atoms with Gasteiger partial charge in [0, 0.05) is 12.5 Å². The van der Waals surface area contributed by atoms with E-state index in [9.17, 15) is 0 Å². The van der Waals surface area contributed by atoms with Gasteiger partial charge in [-0.05, 0) is 25.0 Å². The van der Waals surface area contributed by atoms with Gasteiger partial charge in [0.1, 0.15) is 5.75 Å². The predicted molar refractivity (Wildman–Crippen MR) is 71.8 cm³/mol. The van der Waals surface area contributed by atoms with E-state index in [-0.39, 0.29) is 6.04 Å². The van der Waals surface area contributed by atoms with Crippen molar-refractivity contribution < 1.29 is 9.26 Å². The van der Waals surface area contributed by atoms with Crippen molar-refractivity contribution >= 4 is 0 Å². The van der Waals surface area contributed by atoms with Gasteiger partial charge in [0.2, 0.25) is 11.7 Å². The Morgan fingerprint density at radius 3 is 2.84 bits per heavy atom. The summed E-state index contributed by atoms with van der Waals surface area (Å²) in [6.45, 7) is 4.25. The lowest BCUT2D eigenvalue weighted by Gasteiger charge is -2.11. The van der Waals surface area contributed by atoms with Crippen molar-refractivity contribution in [3.05, 3.63) is 41.5 Å². The molecule has 0 bridgehead atoms. The average Bonchev–Trinajstić information content (AvgIpc) is 2.85. The Morgan fingerprint density at radius 2 is 2.16 bits per heavy atom. The van der Waals surface area contributed by atoms with E-state index in [4.69, 9.17) is 15.0 Å². The average molecular weight is 261 g/mol. The number of hydrogen-bond donors (Lipinski definition) is 1. The Bertz CT molecular complexity index is 523. The van der Waals surface area contributed by atoms with Crippen LogP contribution in [0, 0.1) is 0 Å². The second kappa shape index (κ2) is 6.33. The Kier molecular flexibility index (Phi) is 4.52. The smallest absolute Gasteiger partial charge is 0.226 e. The SMILES string of the molecule is CCc1nc(COc2ccccc2CC(C)N)no1. The maximum absolute atomic E-state index is 5.83. The molecule has 1 aromatic carbocycles. The van der Waals surface area contributed by atoms with E-state index >= 15 is 0 Å². The normalized spacial score (nSPS) is 12.4. The van der Waals surface area contributed by atoms with Crippen LogP contribution < -0.4 is 10.5 Å². The first kappa shape index (κ1) is 13.5. The fourth-order valence-electron chi connectivity index (χ4n) is 1.79. The highest BCUT2D eigenvalue weighted by Crippen LogP contribution is 2.20. The Labute approximate surface area is 112 Å². The topological polar surface area (TPSA) is 74.2 Å². The van der Waals surface area contributed by atoms with Gasteiger partial charge >= 0.3 is 0 Å². The summed E-state index contributed by atoms with van der Waals surface area (Å²) in [5.41, 5.74) is 6.92. The Morgan fingerprint density at radius 1 is 1.37 bits per heavy atom. The van der Waals surface area contributed by atoms with Gasteiger partial charge in [-0.15, -0.1) is 0 Å². The third kappa shape index (κ3) is 3.79. The van der Waals surface area contributed by atoms with Crippen LogP contribution in [0.1, 0.15) is 31.1 Å². The van der Waals surface area contributed by atoms with Gasteiger partial charge in [0.05, 0.1) is 0 Å². The summed E-state index contributed by atoms with van der Waals surface area (Å²) in [6.07, 6.45) is 1.51. The predicted octanol–water partition coefficient (Wildman–Crippen LogP) is 2.10. The van der Waals surface area contributed by atoms with Crippen LogP contribution in [0.15, 0.2) is 28.8 Å². The summed E-state index contributed by atoms with van der Waals surface area (Å²) in [5.74, 6) is 2.01. The first-order valence-corrected chi connectivity index (χ1v) is 6.46. The number of nitrogens with two attached hydrogens (primary N) is 1. The molecule has 5 nitrogen and oxygen atoms in total. The molecule has 0 aliphatic carbocycles. The molecule has 1 unspecified atom stereocenters. The molecule has 0 aliphatic heterocycles. The quantitative estimate of drug-likeness (QED) is 0.862. The first-order chi connectivity index (χ1) is 9.19. The van der Waals surface area contributed by atoms with Crippen LogP contribution in [0.4, 0.5) is 0 Å². The summed E-state index contributed by atoms with van der Waals surface area (Å²) in [7, 11) is 0. The van der Waals surface area contributed by atoms with E-state index < -0.39 is 0 Å². The van der Waals surface area contributed by atoms with Crippen LogP contribution in [-0.2, 0) is 19.4 Å². The number of nitrogens with zero attached hydrogens (tertiary/aromatic N) is 2. The number of hydrogen-bond acceptors (Lipinski definition) is 5. The van der Waals surface area contributed by atoms with Gasteiger partial charge in [-0.1, -0.05) is 30.3 Å². The van der Waals surface area contributed by atoms with E-state index in [1.54, 1.807) is 0 Å². The molecule has 1 aromatic heterocycles. The molecule has 5 heteroatoms. The number of aromatic nitrogens is 2. The highest BCUT2D eigenvalue weighted by Gasteiger charge is 2.08. The monoisotopic (exact) mass is 261 g/mol. The number of rotatable bonds is 6.